The Morgan fingerprint density at radius 1 is 1.38 bits per heavy atom. The van der Waals surface area contributed by atoms with Gasteiger partial charge in [-0.25, -0.2) is 4.39 Å². The van der Waals surface area contributed by atoms with Crippen molar-refractivity contribution in [2.45, 2.75) is 32.9 Å². The van der Waals surface area contributed by atoms with Crippen LogP contribution in [0, 0.1) is 11.7 Å². The van der Waals surface area contributed by atoms with Crippen LogP contribution in [-0.2, 0) is 6.54 Å². The highest BCUT2D eigenvalue weighted by molar-refractivity contribution is 5.92. The molecule has 0 aromatic heterocycles. The summed E-state index contributed by atoms with van der Waals surface area (Å²) in [6.45, 7) is 5.60. The van der Waals surface area contributed by atoms with E-state index >= 15 is 0 Å². The molecule has 0 saturated carbocycles. The van der Waals surface area contributed by atoms with E-state index in [0.717, 1.165) is 13.0 Å². The lowest BCUT2D eigenvalue weighted by Gasteiger charge is -2.24. The molecule has 1 atom stereocenters. The Balaban J connectivity index is 2.74. The van der Waals surface area contributed by atoms with Gasteiger partial charge in [-0.3, -0.25) is 4.79 Å². The van der Waals surface area contributed by atoms with Crippen LogP contribution in [0.3, 0.4) is 0 Å². The molecule has 1 unspecified atom stereocenters. The third-order valence-electron chi connectivity index (χ3n) is 3.25. The number of hydrogen-bond acceptors (Lipinski definition) is 3. The van der Waals surface area contributed by atoms with E-state index in [0.29, 0.717) is 23.6 Å². The van der Waals surface area contributed by atoms with Crippen LogP contribution in [0.15, 0.2) is 18.2 Å². The third kappa shape index (κ3) is 6.23. The summed E-state index contributed by atoms with van der Waals surface area (Å²) in [5.74, 6) is -0.298. The molecule has 0 bridgehead atoms. The van der Waals surface area contributed by atoms with Crippen molar-refractivity contribution < 1.29 is 9.18 Å². The molecule has 0 aliphatic heterocycles. The Kier molecular flexibility index (Phi) is 6.78. The maximum atomic E-state index is 13.8. The summed E-state index contributed by atoms with van der Waals surface area (Å²) < 4.78 is 13.8. The number of carbonyl (C=O) groups excluding carboxylic acids is 1. The number of carbonyl (C=O) groups is 1. The van der Waals surface area contributed by atoms with Gasteiger partial charge in [-0.2, -0.15) is 0 Å². The molecule has 0 fully saturated rings. The van der Waals surface area contributed by atoms with Gasteiger partial charge in [0.25, 0.3) is 0 Å². The first-order valence-corrected chi connectivity index (χ1v) is 7.26. The van der Waals surface area contributed by atoms with Crippen molar-refractivity contribution in [3.05, 3.63) is 35.1 Å². The Morgan fingerprint density at radius 3 is 2.57 bits per heavy atom. The summed E-state index contributed by atoms with van der Waals surface area (Å²) in [6, 6.07) is 4.50. The molecule has 21 heavy (non-hydrogen) atoms. The van der Waals surface area contributed by atoms with Crippen LogP contribution >= 0.6 is 0 Å². The topological polar surface area (TPSA) is 58.4 Å². The number of benzene rings is 1. The highest BCUT2D eigenvalue weighted by Crippen LogP contribution is 2.12. The van der Waals surface area contributed by atoms with Crippen molar-refractivity contribution >= 4 is 5.91 Å². The molecule has 0 aliphatic rings. The standard InChI is InChI=1S/C16H26FN3O/c1-11(2)7-14(10-20(3)4)19-9-13-8-12(16(18)21)5-6-15(13)17/h5-6,8,11,14,19H,7,9-10H2,1-4H3,(H2,18,21). The molecule has 0 aliphatic carbocycles. The number of halogens is 1. The van der Waals surface area contributed by atoms with Gasteiger partial charge in [-0.1, -0.05) is 13.8 Å². The average Bonchev–Trinajstić information content (AvgIpc) is 2.35. The second-order valence-electron chi connectivity index (χ2n) is 6.14. The van der Waals surface area contributed by atoms with Crippen molar-refractivity contribution in [3.63, 3.8) is 0 Å². The Hall–Kier alpha value is -1.46. The van der Waals surface area contributed by atoms with Gasteiger partial charge < -0.3 is 16.0 Å². The molecule has 1 aromatic rings. The summed E-state index contributed by atoms with van der Waals surface area (Å²) >= 11 is 0. The van der Waals surface area contributed by atoms with E-state index in [4.69, 9.17) is 5.73 Å². The van der Waals surface area contributed by atoms with Gasteiger partial charge in [0.1, 0.15) is 5.82 Å². The first kappa shape index (κ1) is 17.6. The van der Waals surface area contributed by atoms with Crippen molar-refractivity contribution in [1.29, 1.82) is 0 Å². The van der Waals surface area contributed by atoms with Gasteiger partial charge in [-0.15, -0.1) is 0 Å². The molecule has 1 amide bonds. The summed E-state index contributed by atoms with van der Waals surface area (Å²) in [5.41, 5.74) is 6.04. The highest BCUT2D eigenvalue weighted by Gasteiger charge is 2.13. The molecule has 0 heterocycles. The molecule has 0 spiro atoms. The molecule has 0 radical (unpaired) electrons. The van der Waals surface area contributed by atoms with Crippen LogP contribution in [0.4, 0.5) is 4.39 Å². The van der Waals surface area contributed by atoms with E-state index in [1.54, 1.807) is 0 Å². The fourth-order valence-corrected chi connectivity index (χ4v) is 2.35. The fourth-order valence-electron chi connectivity index (χ4n) is 2.35. The summed E-state index contributed by atoms with van der Waals surface area (Å²) in [7, 11) is 4.03. The second kappa shape index (κ2) is 8.10. The van der Waals surface area contributed by atoms with E-state index in [1.807, 2.05) is 14.1 Å². The molecule has 1 aromatic carbocycles. The minimum atomic E-state index is -0.539. The summed E-state index contributed by atoms with van der Waals surface area (Å²) in [6.07, 6.45) is 1.01. The number of amides is 1. The maximum Gasteiger partial charge on any atom is 0.248 e. The smallest absolute Gasteiger partial charge is 0.248 e. The lowest BCUT2D eigenvalue weighted by atomic mass is 10.0. The van der Waals surface area contributed by atoms with Gasteiger partial charge in [0.05, 0.1) is 0 Å². The second-order valence-corrected chi connectivity index (χ2v) is 6.14. The van der Waals surface area contributed by atoms with Crippen LogP contribution < -0.4 is 11.1 Å². The number of nitrogens with two attached hydrogens (primary N) is 1. The quantitative estimate of drug-likeness (QED) is 0.771. The molecule has 0 saturated heterocycles. The number of hydrogen-bond donors (Lipinski definition) is 2. The van der Waals surface area contributed by atoms with Gasteiger partial charge in [-0.05, 0) is 44.6 Å². The first-order chi connectivity index (χ1) is 9.79. The fraction of sp³-hybridized carbons (Fsp3) is 0.562. The molecule has 4 nitrogen and oxygen atoms in total. The molecular weight excluding hydrogens is 269 g/mol. The zero-order valence-corrected chi connectivity index (χ0v) is 13.3. The first-order valence-electron chi connectivity index (χ1n) is 7.26. The van der Waals surface area contributed by atoms with E-state index in [1.165, 1.54) is 18.2 Å². The predicted octanol–water partition coefficient (Wildman–Crippen LogP) is 1.99. The highest BCUT2D eigenvalue weighted by atomic mass is 19.1. The van der Waals surface area contributed by atoms with E-state index in [9.17, 15) is 9.18 Å². The third-order valence-corrected chi connectivity index (χ3v) is 3.25. The normalized spacial score (nSPS) is 12.9. The van der Waals surface area contributed by atoms with Gasteiger partial charge in [0.15, 0.2) is 0 Å². The van der Waals surface area contributed by atoms with Crippen molar-refractivity contribution in [2.24, 2.45) is 11.7 Å². The molecule has 118 valence electrons. The minimum Gasteiger partial charge on any atom is -0.366 e. The summed E-state index contributed by atoms with van der Waals surface area (Å²) in [4.78, 5) is 13.3. The van der Waals surface area contributed by atoms with E-state index < -0.39 is 5.91 Å². The Morgan fingerprint density at radius 2 is 2.05 bits per heavy atom. The average molecular weight is 295 g/mol. The van der Waals surface area contributed by atoms with Gasteiger partial charge in [0, 0.05) is 30.3 Å². The van der Waals surface area contributed by atoms with E-state index in [2.05, 4.69) is 24.1 Å². The number of rotatable bonds is 8. The lowest BCUT2D eigenvalue weighted by Crippen LogP contribution is -2.39. The Labute approximate surface area is 126 Å². The number of nitrogens with zero attached hydrogens (tertiary/aromatic N) is 1. The van der Waals surface area contributed by atoms with Crippen molar-refractivity contribution in [3.8, 4) is 0 Å². The monoisotopic (exact) mass is 295 g/mol. The van der Waals surface area contributed by atoms with Crippen LogP contribution in [0.5, 0.6) is 0 Å². The van der Waals surface area contributed by atoms with Crippen LogP contribution in [-0.4, -0.2) is 37.5 Å². The molecule has 5 heteroatoms. The van der Waals surface area contributed by atoms with Gasteiger partial charge >= 0.3 is 0 Å². The zero-order chi connectivity index (χ0) is 16.0. The maximum absolute atomic E-state index is 13.8. The SMILES string of the molecule is CC(C)CC(CN(C)C)NCc1cc(C(N)=O)ccc1F. The zero-order valence-electron chi connectivity index (χ0n) is 13.3. The number of likely N-dealkylation sites (N-methyl/N-ethyl adjacent to an activating group) is 1. The van der Waals surface area contributed by atoms with Crippen molar-refractivity contribution in [1.82, 2.24) is 10.2 Å². The predicted molar refractivity (Wildman–Crippen MR) is 83.6 cm³/mol. The largest absolute Gasteiger partial charge is 0.366 e. The Bertz CT molecular complexity index is 465. The number of primary amides is 1. The summed E-state index contributed by atoms with van der Waals surface area (Å²) in [5, 5.41) is 3.37. The van der Waals surface area contributed by atoms with Crippen LogP contribution in [0.1, 0.15) is 36.2 Å². The molecule has 3 N–H and O–H groups in total. The lowest BCUT2D eigenvalue weighted by molar-refractivity contribution is 0.1000. The van der Waals surface area contributed by atoms with Gasteiger partial charge in [0.2, 0.25) is 5.91 Å². The van der Waals surface area contributed by atoms with E-state index in [-0.39, 0.29) is 11.9 Å². The van der Waals surface area contributed by atoms with Crippen LogP contribution in [0.2, 0.25) is 0 Å². The number of nitrogens with one attached hydrogen (secondary N) is 1. The van der Waals surface area contributed by atoms with Crippen LogP contribution in [0.25, 0.3) is 0 Å². The molecular formula is C16H26FN3O. The minimum absolute atomic E-state index is 0.275. The molecule has 1 rings (SSSR count). The van der Waals surface area contributed by atoms with Crippen molar-refractivity contribution in [2.75, 3.05) is 20.6 Å².